The summed E-state index contributed by atoms with van der Waals surface area (Å²) >= 11 is 0. The minimum atomic E-state index is -0.462. The van der Waals surface area contributed by atoms with Crippen LogP contribution >= 0.6 is 0 Å². The number of rotatable bonds is 3. The van der Waals surface area contributed by atoms with Crippen LogP contribution in [0.4, 0.5) is 5.69 Å². The molecule has 116 valence electrons. The fraction of sp³-hybridized carbons (Fsp3) is 0.467. The van der Waals surface area contributed by atoms with Crippen LogP contribution in [0.1, 0.15) is 12.8 Å². The average molecular weight is 293 g/mol. The van der Waals surface area contributed by atoms with Crippen molar-refractivity contribution in [3.05, 3.63) is 30.3 Å². The lowest BCUT2D eigenvalue weighted by Gasteiger charge is -2.39. The molecule has 1 aliphatic rings. The number of para-hydroxylation sites is 1. The Morgan fingerprint density at radius 1 is 1.29 bits per heavy atom. The number of nitrogens with zero attached hydrogens (tertiary/aromatic N) is 1. The van der Waals surface area contributed by atoms with E-state index in [-0.39, 0.29) is 12.4 Å². The quantitative estimate of drug-likeness (QED) is 0.725. The SMILES string of the molecule is CN(C)C(=O)C1(Nc2ccccc2)CCNCC1.O=CO. The third kappa shape index (κ3) is 4.75. The van der Waals surface area contributed by atoms with Gasteiger partial charge >= 0.3 is 0 Å². The third-order valence-electron chi connectivity index (χ3n) is 3.43. The van der Waals surface area contributed by atoms with Crippen molar-refractivity contribution < 1.29 is 14.7 Å². The Kier molecular flexibility index (Phi) is 6.68. The van der Waals surface area contributed by atoms with Gasteiger partial charge in [0.05, 0.1) is 0 Å². The summed E-state index contributed by atoms with van der Waals surface area (Å²) in [6, 6.07) is 9.96. The van der Waals surface area contributed by atoms with Gasteiger partial charge in [0.1, 0.15) is 5.54 Å². The van der Waals surface area contributed by atoms with Crippen LogP contribution in [0.3, 0.4) is 0 Å². The molecule has 0 spiro atoms. The van der Waals surface area contributed by atoms with Gasteiger partial charge in [0.2, 0.25) is 5.91 Å². The number of hydrogen-bond acceptors (Lipinski definition) is 4. The standard InChI is InChI=1S/C14H21N3O.CH2O2/c1-17(2)13(18)14(8-10-15-11-9-14)16-12-6-4-3-5-7-12;2-1-3/h3-7,15-16H,8-11H2,1-2H3;1H,(H,2,3). The minimum absolute atomic E-state index is 0.160. The molecule has 0 atom stereocenters. The van der Waals surface area contributed by atoms with Crippen LogP contribution in [0.25, 0.3) is 0 Å². The second-order valence-corrected chi connectivity index (χ2v) is 5.13. The first-order valence-electron chi connectivity index (χ1n) is 6.89. The zero-order valence-electron chi connectivity index (χ0n) is 12.5. The number of amides is 1. The summed E-state index contributed by atoms with van der Waals surface area (Å²) in [7, 11) is 3.64. The van der Waals surface area contributed by atoms with Crippen LogP contribution in [0.15, 0.2) is 30.3 Å². The predicted molar refractivity (Wildman–Crippen MR) is 82.3 cm³/mol. The smallest absolute Gasteiger partial charge is 0.290 e. The minimum Gasteiger partial charge on any atom is -0.483 e. The zero-order chi connectivity index (χ0) is 15.7. The molecule has 1 aromatic rings. The van der Waals surface area contributed by atoms with E-state index in [1.165, 1.54) is 0 Å². The number of carboxylic acid groups (broad SMARTS) is 1. The largest absolute Gasteiger partial charge is 0.483 e. The van der Waals surface area contributed by atoms with Crippen LogP contribution in [-0.2, 0) is 9.59 Å². The Morgan fingerprint density at radius 3 is 2.29 bits per heavy atom. The van der Waals surface area contributed by atoms with Crippen molar-refractivity contribution in [1.82, 2.24) is 10.2 Å². The van der Waals surface area contributed by atoms with Gasteiger partial charge in [-0.15, -0.1) is 0 Å². The van der Waals surface area contributed by atoms with E-state index >= 15 is 0 Å². The Labute approximate surface area is 125 Å². The maximum absolute atomic E-state index is 12.5. The van der Waals surface area contributed by atoms with Crippen molar-refractivity contribution in [2.75, 3.05) is 32.5 Å². The number of nitrogens with one attached hydrogen (secondary N) is 2. The monoisotopic (exact) mass is 293 g/mol. The lowest BCUT2D eigenvalue weighted by molar-refractivity contribution is -0.134. The first kappa shape index (κ1) is 17.0. The van der Waals surface area contributed by atoms with Crippen LogP contribution in [0.5, 0.6) is 0 Å². The highest BCUT2D eigenvalue weighted by molar-refractivity contribution is 5.89. The summed E-state index contributed by atoms with van der Waals surface area (Å²) in [5.41, 5.74) is 0.547. The molecule has 1 saturated heterocycles. The maximum Gasteiger partial charge on any atom is 0.290 e. The van der Waals surface area contributed by atoms with Crippen molar-refractivity contribution in [3.8, 4) is 0 Å². The van der Waals surface area contributed by atoms with E-state index in [0.29, 0.717) is 0 Å². The number of anilines is 1. The number of carbonyl (C=O) groups excluding carboxylic acids is 1. The highest BCUT2D eigenvalue weighted by atomic mass is 16.3. The van der Waals surface area contributed by atoms with Gasteiger partial charge in [-0.05, 0) is 38.1 Å². The Hall–Kier alpha value is -2.08. The highest BCUT2D eigenvalue weighted by Crippen LogP contribution is 2.26. The Bertz CT molecular complexity index is 443. The normalized spacial score (nSPS) is 16.1. The van der Waals surface area contributed by atoms with Gasteiger partial charge < -0.3 is 20.6 Å². The van der Waals surface area contributed by atoms with Gasteiger partial charge in [-0.3, -0.25) is 9.59 Å². The molecule has 0 radical (unpaired) electrons. The van der Waals surface area contributed by atoms with Crippen molar-refractivity contribution in [1.29, 1.82) is 0 Å². The second-order valence-electron chi connectivity index (χ2n) is 5.13. The third-order valence-corrected chi connectivity index (χ3v) is 3.43. The van der Waals surface area contributed by atoms with Crippen molar-refractivity contribution in [2.24, 2.45) is 0 Å². The number of likely N-dealkylation sites (N-methyl/N-ethyl adjacent to an activating group) is 1. The summed E-state index contributed by atoms with van der Waals surface area (Å²) in [5.74, 6) is 0.160. The van der Waals surface area contributed by atoms with Crippen molar-refractivity contribution >= 4 is 18.1 Å². The Balaban J connectivity index is 0.000000677. The highest BCUT2D eigenvalue weighted by Gasteiger charge is 2.40. The van der Waals surface area contributed by atoms with Gasteiger partial charge in [0.15, 0.2) is 0 Å². The van der Waals surface area contributed by atoms with Gasteiger partial charge in [-0.1, -0.05) is 18.2 Å². The fourth-order valence-corrected chi connectivity index (χ4v) is 2.47. The molecule has 0 aliphatic carbocycles. The summed E-state index contributed by atoms with van der Waals surface area (Å²) in [6.45, 7) is 1.50. The predicted octanol–water partition coefficient (Wildman–Crippen LogP) is 1.01. The number of hydrogen-bond donors (Lipinski definition) is 3. The van der Waals surface area contributed by atoms with E-state index in [1.54, 1.807) is 4.90 Å². The molecule has 1 fully saturated rings. The van der Waals surface area contributed by atoms with Crippen LogP contribution in [0, 0.1) is 0 Å². The van der Waals surface area contributed by atoms with Crippen LogP contribution < -0.4 is 10.6 Å². The molecule has 0 bridgehead atoms. The maximum atomic E-state index is 12.5. The van der Waals surface area contributed by atoms with Crippen LogP contribution in [-0.4, -0.2) is 55.1 Å². The lowest BCUT2D eigenvalue weighted by Crippen LogP contribution is -2.57. The molecule has 1 heterocycles. The lowest BCUT2D eigenvalue weighted by atomic mass is 9.86. The molecule has 1 amide bonds. The number of carbonyl (C=O) groups is 2. The van der Waals surface area contributed by atoms with Gasteiger partial charge in [-0.25, -0.2) is 0 Å². The van der Waals surface area contributed by atoms with Crippen molar-refractivity contribution in [3.63, 3.8) is 0 Å². The van der Waals surface area contributed by atoms with E-state index in [4.69, 9.17) is 9.90 Å². The van der Waals surface area contributed by atoms with E-state index < -0.39 is 5.54 Å². The van der Waals surface area contributed by atoms with E-state index in [0.717, 1.165) is 31.6 Å². The van der Waals surface area contributed by atoms with Gasteiger partial charge in [0.25, 0.3) is 6.47 Å². The number of piperidine rings is 1. The summed E-state index contributed by atoms with van der Waals surface area (Å²) in [4.78, 5) is 22.5. The molecule has 0 saturated carbocycles. The van der Waals surface area contributed by atoms with Crippen molar-refractivity contribution in [2.45, 2.75) is 18.4 Å². The van der Waals surface area contributed by atoms with E-state index in [1.807, 2.05) is 44.4 Å². The summed E-state index contributed by atoms with van der Waals surface area (Å²) in [5, 5.41) is 13.6. The molecule has 3 N–H and O–H groups in total. The van der Waals surface area contributed by atoms with Gasteiger partial charge in [0, 0.05) is 19.8 Å². The molecule has 6 nitrogen and oxygen atoms in total. The Morgan fingerprint density at radius 2 is 1.81 bits per heavy atom. The summed E-state index contributed by atoms with van der Waals surface area (Å²) < 4.78 is 0. The first-order chi connectivity index (χ1) is 10.1. The molecular formula is C15H23N3O3. The molecule has 6 heteroatoms. The van der Waals surface area contributed by atoms with E-state index in [9.17, 15) is 4.79 Å². The van der Waals surface area contributed by atoms with Gasteiger partial charge in [-0.2, -0.15) is 0 Å². The molecule has 0 unspecified atom stereocenters. The summed E-state index contributed by atoms with van der Waals surface area (Å²) in [6.07, 6.45) is 1.64. The molecule has 1 aliphatic heterocycles. The van der Waals surface area contributed by atoms with E-state index in [2.05, 4.69) is 10.6 Å². The van der Waals surface area contributed by atoms with Crippen LogP contribution in [0.2, 0.25) is 0 Å². The average Bonchev–Trinajstić information content (AvgIpc) is 2.49. The second kappa shape index (κ2) is 8.26. The molecular weight excluding hydrogens is 270 g/mol. The first-order valence-corrected chi connectivity index (χ1v) is 6.89. The number of benzene rings is 1. The molecule has 21 heavy (non-hydrogen) atoms. The molecule has 2 rings (SSSR count). The molecule has 1 aromatic carbocycles. The fourth-order valence-electron chi connectivity index (χ4n) is 2.47. The zero-order valence-corrected chi connectivity index (χ0v) is 12.5. The topological polar surface area (TPSA) is 81.7 Å². The molecule has 0 aromatic heterocycles.